The fourth-order valence-electron chi connectivity index (χ4n) is 1.60. The summed E-state index contributed by atoms with van der Waals surface area (Å²) in [5.41, 5.74) is -0.288. The number of nitro groups is 1. The molecular formula is C10H9F2N3O4. The molecule has 0 saturated heterocycles. The number of anilines is 2. The van der Waals surface area contributed by atoms with Crippen molar-refractivity contribution in [1.82, 2.24) is 0 Å². The molecule has 102 valence electrons. The minimum atomic E-state index is -2.65. The number of hydrogen-bond acceptors (Lipinski definition) is 5. The van der Waals surface area contributed by atoms with Crippen LogP contribution in [0.1, 0.15) is 0 Å². The summed E-state index contributed by atoms with van der Waals surface area (Å²) in [4.78, 5) is 21.2. The van der Waals surface area contributed by atoms with Gasteiger partial charge in [0.2, 0.25) is 0 Å². The number of alkyl halides is 2. The Morgan fingerprint density at radius 2 is 2.26 bits per heavy atom. The normalized spacial score (nSPS) is 13.5. The Balaban J connectivity index is 2.36. The van der Waals surface area contributed by atoms with E-state index >= 15 is 0 Å². The molecule has 0 fully saturated rings. The molecule has 1 amide bonds. The number of carbonyl (C=O) groups excluding carboxylic acids is 1. The van der Waals surface area contributed by atoms with Crippen LogP contribution in [0, 0.1) is 10.1 Å². The average molecular weight is 273 g/mol. The number of fused-ring (bicyclic) bond motifs is 1. The zero-order valence-corrected chi connectivity index (χ0v) is 9.48. The molecular weight excluding hydrogens is 264 g/mol. The Kier molecular flexibility index (Phi) is 3.45. The summed E-state index contributed by atoms with van der Waals surface area (Å²) in [6.07, 6.45) is -2.65. The molecule has 0 saturated carbocycles. The molecule has 2 rings (SSSR count). The molecule has 19 heavy (non-hydrogen) atoms. The number of rotatable bonds is 4. The van der Waals surface area contributed by atoms with Crippen molar-refractivity contribution in [3.8, 4) is 5.75 Å². The highest BCUT2D eigenvalue weighted by atomic mass is 19.3. The number of carbonyl (C=O) groups is 1. The van der Waals surface area contributed by atoms with Gasteiger partial charge in [-0.2, -0.15) is 0 Å². The number of nitrogens with zero attached hydrogens (tertiary/aromatic N) is 1. The van der Waals surface area contributed by atoms with Crippen molar-refractivity contribution in [2.45, 2.75) is 6.43 Å². The van der Waals surface area contributed by atoms with Crippen LogP contribution >= 0.6 is 0 Å². The quantitative estimate of drug-likeness (QED) is 0.642. The third kappa shape index (κ3) is 2.87. The maximum atomic E-state index is 12.1. The molecule has 0 radical (unpaired) electrons. The van der Waals surface area contributed by atoms with E-state index in [4.69, 9.17) is 4.74 Å². The maximum absolute atomic E-state index is 12.1. The topological polar surface area (TPSA) is 93.5 Å². The van der Waals surface area contributed by atoms with Gasteiger partial charge in [0.15, 0.2) is 12.4 Å². The predicted octanol–water partition coefficient (Wildman–Crippen LogP) is 1.60. The van der Waals surface area contributed by atoms with E-state index < -0.39 is 29.5 Å². The van der Waals surface area contributed by atoms with Crippen molar-refractivity contribution in [2.75, 3.05) is 23.8 Å². The summed E-state index contributed by atoms with van der Waals surface area (Å²) >= 11 is 0. The zero-order chi connectivity index (χ0) is 14.0. The van der Waals surface area contributed by atoms with Crippen molar-refractivity contribution >= 4 is 23.0 Å². The third-order valence-electron chi connectivity index (χ3n) is 2.37. The molecule has 1 aromatic rings. The van der Waals surface area contributed by atoms with Crippen molar-refractivity contribution < 1.29 is 23.2 Å². The fraction of sp³-hybridized carbons (Fsp3) is 0.300. The first-order valence-corrected chi connectivity index (χ1v) is 5.24. The van der Waals surface area contributed by atoms with E-state index in [9.17, 15) is 23.7 Å². The second-order valence-corrected chi connectivity index (χ2v) is 3.73. The molecule has 0 aromatic heterocycles. The lowest BCUT2D eigenvalue weighted by Gasteiger charge is -2.19. The van der Waals surface area contributed by atoms with Crippen LogP contribution in [0.15, 0.2) is 12.1 Å². The Morgan fingerprint density at radius 3 is 2.89 bits per heavy atom. The van der Waals surface area contributed by atoms with E-state index in [0.29, 0.717) is 0 Å². The molecule has 1 aliphatic rings. The lowest BCUT2D eigenvalue weighted by atomic mass is 10.2. The summed E-state index contributed by atoms with van der Waals surface area (Å²) in [5.74, 6) is -0.282. The highest BCUT2D eigenvalue weighted by Crippen LogP contribution is 2.37. The second kappa shape index (κ2) is 5.04. The predicted molar refractivity (Wildman–Crippen MR) is 61.7 cm³/mol. The SMILES string of the molecule is O=C1COc2cc([N+](=O)[O-])c(NCC(F)F)cc2N1. The molecule has 9 heteroatoms. The number of nitrogens with one attached hydrogen (secondary N) is 2. The second-order valence-electron chi connectivity index (χ2n) is 3.73. The van der Waals surface area contributed by atoms with Crippen molar-refractivity contribution in [1.29, 1.82) is 0 Å². The highest BCUT2D eigenvalue weighted by Gasteiger charge is 2.24. The first-order chi connectivity index (χ1) is 8.97. The van der Waals surface area contributed by atoms with Gasteiger partial charge in [-0.3, -0.25) is 14.9 Å². The van der Waals surface area contributed by atoms with Gasteiger partial charge in [-0.25, -0.2) is 8.78 Å². The van der Waals surface area contributed by atoms with Gasteiger partial charge in [-0.05, 0) is 6.07 Å². The molecule has 0 atom stereocenters. The Bertz CT molecular complexity index is 536. The zero-order valence-electron chi connectivity index (χ0n) is 9.48. The van der Waals surface area contributed by atoms with E-state index in [0.717, 1.165) is 6.07 Å². The van der Waals surface area contributed by atoms with Gasteiger partial charge in [-0.1, -0.05) is 0 Å². The van der Waals surface area contributed by atoms with Crippen molar-refractivity contribution in [3.05, 3.63) is 22.2 Å². The molecule has 7 nitrogen and oxygen atoms in total. The van der Waals surface area contributed by atoms with Gasteiger partial charge in [0.05, 0.1) is 23.2 Å². The maximum Gasteiger partial charge on any atom is 0.296 e. The van der Waals surface area contributed by atoms with E-state index in [1.165, 1.54) is 6.07 Å². The third-order valence-corrected chi connectivity index (χ3v) is 2.37. The smallest absolute Gasteiger partial charge is 0.296 e. The number of ether oxygens (including phenoxy) is 1. The summed E-state index contributed by atoms with van der Waals surface area (Å²) in [7, 11) is 0. The summed E-state index contributed by atoms with van der Waals surface area (Å²) < 4.78 is 29.3. The van der Waals surface area contributed by atoms with Crippen LogP contribution in [-0.4, -0.2) is 30.4 Å². The molecule has 2 N–H and O–H groups in total. The molecule has 1 aromatic carbocycles. The van der Waals surface area contributed by atoms with Crippen LogP contribution in [0.2, 0.25) is 0 Å². The highest BCUT2D eigenvalue weighted by molar-refractivity contribution is 5.96. The minimum Gasteiger partial charge on any atom is -0.481 e. The van der Waals surface area contributed by atoms with Gasteiger partial charge in [0, 0.05) is 0 Å². The number of hydrogen-bond donors (Lipinski definition) is 2. The van der Waals surface area contributed by atoms with E-state index in [1.807, 2.05) is 0 Å². The summed E-state index contributed by atoms with van der Waals surface area (Å²) in [5, 5.41) is 15.6. The largest absolute Gasteiger partial charge is 0.481 e. The van der Waals surface area contributed by atoms with Gasteiger partial charge < -0.3 is 15.4 Å². The lowest BCUT2D eigenvalue weighted by molar-refractivity contribution is -0.384. The van der Waals surface area contributed by atoms with E-state index in [-0.39, 0.29) is 23.7 Å². The summed E-state index contributed by atoms with van der Waals surface area (Å²) in [6, 6.07) is 2.29. The number of amides is 1. The van der Waals surface area contributed by atoms with Crippen molar-refractivity contribution in [2.24, 2.45) is 0 Å². The number of benzene rings is 1. The monoisotopic (exact) mass is 273 g/mol. The van der Waals surface area contributed by atoms with Crippen LogP contribution in [0.3, 0.4) is 0 Å². The van der Waals surface area contributed by atoms with Crippen LogP contribution in [-0.2, 0) is 4.79 Å². The molecule has 0 spiro atoms. The molecule has 1 heterocycles. The fourth-order valence-corrected chi connectivity index (χ4v) is 1.60. The minimum absolute atomic E-state index is 0.102. The molecule has 0 aliphatic carbocycles. The number of halogens is 2. The standard InChI is InChI=1S/C10H9F2N3O4/c11-9(12)3-13-5-1-6-8(2-7(5)15(17)18)19-4-10(16)14-6/h1-2,9,13H,3-4H2,(H,14,16). The molecule has 0 unspecified atom stereocenters. The lowest BCUT2D eigenvalue weighted by Crippen LogP contribution is -2.25. The van der Waals surface area contributed by atoms with Gasteiger partial charge >= 0.3 is 0 Å². The average Bonchev–Trinajstić information content (AvgIpc) is 2.34. The Morgan fingerprint density at radius 1 is 1.53 bits per heavy atom. The van der Waals surface area contributed by atoms with E-state index in [2.05, 4.69) is 10.6 Å². The van der Waals surface area contributed by atoms with Crippen LogP contribution in [0.5, 0.6) is 5.75 Å². The van der Waals surface area contributed by atoms with Gasteiger partial charge in [0.25, 0.3) is 18.0 Å². The van der Waals surface area contributed by atoms with Crippen LogP contribution in [0.4, 0.5) is 25.8 Å². The van der Waals surface area contributed by atoms with Gasteiger partial charge in [-0.15, -0.1) is 0 Å². The van der Waals surface area contributed by atoms with Crippen molar-refractivity contribution in [3.63, 3.8) is 0 Å². The van der Waals surface area contributed by atoms with Crippen LogP contribution < -0.4 is 15.4 Å². The van der Waals surface area contributed by atoms with E-state index in [1.54, 1.807) is 0 Å². The van der Waals surface area contributed by atoms with Crippen LogP contribution in [0.25, 0.3) is 0 Å². The molecule has 1 aliphatic heterocycles. The first kappa shape index (κ1) is 13.0. The number of nitro benzene ring substituents is 1. The van der Waals surface area contributed by atoms with Gasteiger partial charge in [0.1, 0.15) is 5.69 Å². The summed E-state index contributed by atoms with van der Waals surface area (Å²) in [6.45, 7) is -0.970. The Labute approximate surface area is 105 Å². The Hall–Kier alpha value is -2.45. The first-order valence-electron chi connectivity index (χ1n) is 5.24. The molecule has 0 bridgehead atoms.